The zero-order valence-electron chi connectivity index (χ0n) is 17.7. The Morgan fingerprint density at radius 2 is 2.00 bits per heavy atom. The lowest BCUT2D eigenvalue weighted by Crippen LogP contribution is -2.40. The Morgan fingerprint density at radius 3 is 2.69 bits per heavy atom. The van der Waals surface area contributed by atoms with Crippen molar-refractivity contribution in [2.24, 2.45) is 11.6 Å². The highest BCUT2D eigenvalue weighted by molar-refractivity contribution is 6.03. The molecule has 1 aliphatic carbocycles. The van der Waals surface area contributed by atoms with Crippen LogP contribution < -0.4 is 22.3 Å². The Bertz CT molecular complexity index is 1060. The molecular weight excluding hydrogens is 418 g/mol. The molecule has 0 radical (unpaired) electrons. The van der Waals surface area contributed by atoms with Gasteiger partial charge in [0.2, 0.25) is 0 Å². The van der Waals surface area contributed by atoms with E-state index in [1.165, 1.54) is 11.8 Å². The first-order valence-electron chi connectivity index (χ1n) is 10.1. The molecule has 1 aliphatic heterocycles. The number of anilines is 1. The molecule has 9 nitrogen and oxygen atoms in total. The lowest BCUT2D eigenvalue weighted by atomic mass is 9.96. The molecule has 0 saturated carbocycles. The highest BCUT2D eigenvalue weighted by atomic mass is 19.1. The summed E-state index contributed by atoms with van der Waals surface area (Å²) >= 11 is 0. The number of benzene rings is 1. The van der Waals surface area contributed by atoms with Crippen molar-refractivity contribution in [2.75, 3.05) is 25.5 Å². The van der Waals surface area contributed by atoms with Crippen LogP contribution in [0.15, 0.2) is 30.0 Å². The van der Waals surface area contributed by atoms with E-state index in [1.807, 2.05) is 0 Å². The Balaban J connectivity index is 0.000000913. The van der Waals surface area contributed by atoms with Crippen molar-refractivity contribution < 1.29 is 13.6 Å². The van der Waals surface area contributed by atoms with Crippen LogP contribution in [0, 0.1) is 17.0 Å². The van der Waals surface area contributed by atoms with Crippen molar-refractivity contribution in [1.29, 1.82) is 5.41 Å². The number of rotatable bonds is 2. The molecular formula is C21H26F2N8O. The van der Waals surface area contributed by atoms with Gasteiger partial charge in [0.25, 0.3) is 5.91 Å². The second kappa shape index (κ2) is 10.2. The molecule has 4 rings (SSSR count). The second-order valence-electron chi connectivity index (χ2n) is 7.41. The highest BCUT2D eigenvalue weighted by Crippen LogP contribution is 2.33. The summed E-state index contributed by atoms with van der Waals surface area (Å²) < 4.78 is 26.9. The summed E-state index contributed by atoms with van der Waals surface area (Å²) in [6.45, 7) is 1.23. The molecule has 0 saturated heterocycles. The van der Waals surface area contributed by atoms with E-state index in [1.54, 1.807) is 11.9 Å². The minimum atomic E-state index is -0.938. The number of hydrazine groups is 1. The van der Waals surface area contributed by atoms with Crippen molar-refractivity contribution in [2.45, 2.75) is 25.7 Å². The number of nitrogens with one attached hydrogen (secondary N) is 3. The van der Waals surface area contributed by atoms with E-state index in [9.17, 15) is 13.6 Å². The number of aryl methyl sites for hydroxylation is 1. The Kier molecular flexibility index (Phi) is 7.44. The normalized spacial score (nSPS) is 15.1. The molecule has 0 atom stereocenters. The van der Waals surface area contributed by atoms with Crippen LogP contribution in [0.4, 0.5) is 14.6 Å². The van der Waals surface area contributed by atoms with Gasteiger partial charge >= 0.3 is 0 Å². The summed E-state index contributed by atoms with van der Waals surface area (Å²) in [7, 11) is 1.65. The van der Waals surface area contributed by atoms with Gasteiger partial charge in [0.1, 0.15) is 11.6 Å². The molecule has 2 aliphatic rings. The van der Waals surface area contributed by atoms with Crippen molar-refractivity contribution in [3.8, 4) is 0 Å². The number of hydrogen-bond acceptors (Lipinski definition) is 6. The monoisotopic (exact) mass is 444 g/mol. The van der Waals surface area contributed by atoms with E-state index in [4.69, 9.17) is 11.1 Å². The molecule has 2 aromatic rings. The fourth-order valence-corrected chi connectivity index (χ4v) is 3.77. The number of hydrogen-bond donors (Lipinski definition) is 5. The number of guanidine groups is 1. The first-order valence-corrected chi connectivity index (χ1v) is 10.1. The lowest BCUT2D eigenvalue weighted by molar-refractivity contribution is 0.102. The summed E-state index contributed by atoms with van der Waals surface area (Å²) in [5.41, 5.74) is 11.5. The Labute approximate surface area is 184 Å². The third kappa shape index (κ3) is 5.24. The van der Waals surface area contributed by atoms with Gasteiger partial charge in [0.15, 0.2) is 11.8 Å². The third-order valence-electron chi connectivity index (χ3n) is 5.24. The molecule has 0 bridgehead atoms. The van der Waals surface area contributed by atoms with E-state index in [0.717, 1.165) is 48.4 Å². The second-order valence-corrected chi connectivity index (χ2v) is 7.41. The van der Waals surface area contributed by atoms with E-state index < -0.39 is 17.5 Å². The first-order chi connectivity index (χ1) is 15.3. The minimum Gasteiger partial charge on any atom is -0.370 e. The number of nitrogens with two attached hydrogens (primary N) is 2. The maximum absolute atomic E-state index is 13.8. The number of carbonyl (C=O) groups excluding carboxylic acids is 1. The van der Waals surface area contributed by atoms with Crippen LogP contribution in [0.2, 0.25) is 0 Å². The average Bonchev–Trinajstić information content (AvgIpc) is 2.92. The highest BCUT2D eigenvalue weighted by Gasteiger charge is 2.26. The van der Waals surface area contributed by atoms with Gasteiger partial charge in [0, 0.05) is 19.2 Å². The average molecular weight is 444 g/mol. The van der Waals surface area contributed by atoms with Crippen LogP contribution in [0.1, 0.15) is 41.0 Å². The summed E-state index contributed by atoms with van der Waals surface area (Å²) in [6, 6.07) is 2.78. The standard InChI is InChI=1S/C20H20F2N6O.CH6N2/c21-12-4-5-13(15(22)8-12)19(29)27-17-9-25-18-14-10-28(20(23)24)7-6-11(14)2-1-3-16(18)26-17;1-3-2/h4-5,8-9H,1-3,6-7,10H2,(H3,23,24)(H,26,27,29);3H,2H2,1H3. The summed E-state index contributed by atoms with van der Waals surface area (Å²) in [5, 5.41) is 10.2. The number of fused-ring (bicyclic) bond motifs is 2. The molecule has 1 aromatic heterocycles. The predicted octanol–water partition coefficient (Wildman–Crippen LogP) is 1.78. The molecule has 1 amide bonds. The van der Waals surface area contributed by atoms with Crippen molar-refractivity contribution in [3.05, 3.63) is 58.6 Å². The molecule has 1 aromatic carbocycles. The number of amides is 1. The van der Waals surface area contributed by atoms with Gasteiger partial charge in [-0.1, -0.05) is 5.57 Å². The number of halogens is 2. The van der Waals surface area contributed by atoms with Crippen LogP contribution in [-0.4, -0.2) is 46.9 Å². The molecule has 32 heavy (non-hydrogen) atoms. The van der Waals surface area contributed by atoms with E-state index in [0.29, 0.717) is 25.6 Å². The van der Waals surface area contributed by atoms with Gasteiger partial charge in [-0.15, -0.1) is 0 Å². The molecule has 0 spiro atoms. The number of carbonyl (C=O) groups is 1. The minimum absolute atomic E-state index is 0.0283. The molecule has 0 unspecified atom stereocenters. The van der Waals surface area contributed by atoms with E-state index in [2.05, 4.69) is 26.6 Å². The Hall–Kier alpha value is -3.44. The molecule has 170 valence electrons. The van der Waals surface area contributed by atoms with Gasteiger partial charge in [0.05, 0.1) is 23.1 Å². The van der Waals surface area contributed by atoms with E-state index >= 15 is 0 Å². The van der Waals surface area contributed by atoms with Crippen LogP contribution in [0.25, 0.3) is 5.57 Å². The third-order valence-corrected chi connectivity index (χ3v) is 5.24. The maximum Gasteiger partial charge on any atom is 0.259 e. The molecule has 7 N–H and O–H groups in total. The number of nitrogens with zero attached hydrogens (tertiary/aromatic N) is 3. The fraction of sp³-hybridized carbons (Fsp3) is 0.333. The zero-order valence-corrected chi connectivity index (χ0v) is 17.7. The zero-order chi connectivity index (χ0) is 23.3. The van der Waals surface area contributed by atoms with Crippen LogP contribution in [0.5, 0.6) is 0 Å². The van der Waals surface area contributed by atoms with Gasteiger partial charge in [-0.05, 0) is 50.4 Å². The van der Waals surface area contributed by atoms with E-state index in [-0.39, 0.29) is 17.3 Å². The van der Waals surface area contributed by atoms with Crippen molar-refractivity contribution in [1.82, 2.24) is 20.3 Å². The van der Waals surface area contributed by atoms with Gasteiger partial charge in [-0.25, -0.2) is 13.8 Å². The quantitative estimate of drug-likeness (QED) is 0.205. The predicted molar refractivity (Wildman–Crippen MR) is 118 cm³/mol. The Morgan fingerprint density at radius 1 is 1.25 bits per heavy atom. The van der Waals surface area contributed by atoms with Crippen LogP contribution in [0.3, 0.4) is 0 Å². The first kappa shape index (κ1) is 23.2. The maximum atomic E-state index is 13.8. The van der Waals surface area contributed by atoms with Gasteiger partial charge in [-0.2, -0.15) is 0 Å². The van der Waals surface area contributed by atoms with Gasteiger partial charge < -0.3 is 16.0 Å². The van der Waals surface area contributed by atoms with Crippen molar-refractivity contribution >= 4 is 23.3 Å². The topological polar surface area (TPSA) is 146 Å². The summed E-state index contributed by atoms with van der Waals surface area (Å²) in [6.07, 6.45) is 4.80. The molecule has 2 heterocycles. The molecule has 11 heteroatoms. The lowest BCUT2D eigenvalue weighted by Gasteiger charge is -2.30. The van der Waals surface area contributed by atoms with Crippen LogP contribution >= 0.6 is 0 Å². The van der Waals surface area contributed by atoms with Crippen molar-refractivity contribution in [3.63, 3.8) is 0 Å². The summed E-state index contributed by atoms with van der Waals surface area (Å²) in [4.78, 5) is 23.2. The van der Waals surface area contributed by atoms with Gasteiger partial charge in [-0.3, -0.25) is 26.5 Å². The molecule has 0 fully saturated rings. The smallest absolute Gasteiger partial charge is 0.259 e. The SMILES string of the molecule is CNN.N=C(N)N1CCC2=C(C1)c1ncc(NC(=O)c3ccc(F)cc3F)nc1CCC2. The largest absolute Gasteiger partial charge is 0.370 e. The summed E-state index contributed by atoms with van der Waals surface area (Å²) in [5.74, 6) is 2.43. The van der Waals surface area contributed by atoms with Crippen LogP contribution in [-0.2, 0) is 6.42 Å². The fourth-order valence-electron chi connectivity index (χ4n) is 3.77. The number of aromatic nitrogens is 2.